The first kappa shape index (κ1) is 20.2. The van der Waals surface area contributed by atoms with Crippen LogP contribution in [0.15, 0.2) is 24.5 Å². The number of carbonyl (C=O) groups is 1. The van der Waals surface area contributed by atoms with Gasteiger partial charge in [-0.1, -0.05) is 12.5 Å². The van der Waals surface area contributed by atoms with Crippen LogP contribution in [0.3, 0.4) is 0 Å². The smallest absolute Gasteiger partial charge is 0.348 e. The lowest BCUT2D eigenvalue weighted by Gasteiger charge is -2.21. The van der Waals surface area contributed by atoms with Crippen LogP contribution in [0, 0.1) is 24.0 Å². The summed E-state index contributed by atoms with van der Waals surface area (Å²) < 4.78 is 5.74. The highest BCUT2D eigenvalue weighted by atomic mass is 32.1. The summed E-state index contributed by atoms with van der Waals surface area (Å²) in [6.45, 7) is 3.71. The summed E-state index contributed by atoms with van der Waals surface area (Å²) in [5.41, 5.74) is 2.17. The lowest BCUT2D eigenvalue weighted by molar-refractivity contribution is -0.384. The van der Waals surface area contributed by atoms with Gasteiger partial charge in [0, 0.05) is 17.8 Å². The molecule has 4 rings (SSSR count). The lowest BCUT2D eigenvalue weighted by atomic mass is 9.98. The minimum absolute atomic E-state index is 0.00723. The highest BCUT2D eigenvalue weighted by molar-refractivity contribution is 7.20. The number of nitrogens with one attached hydrogen (secondary N) is 1. The van der Waals surface area contributed by atoms with Crippen LogP contribution >= 0.6 is 11.3 Å². The molecule has 1 saturated carbocycles. The van der Waals surface area contributed by atoms with Gasteiger partial charge < -0.3 is 10.1 Å². The number of hydrogen-bond acceptors (Lipinski definition) is 8. The Balaban J connectivity index is 1.66. The molecule has 0 aliphatic heterocycles. The molecule has 2 aromatic heterocycles. The van der Waals surface area contributed by atoms with E-state index in [1.54, 1.807) is 6.07 Å². The summed E-state index contributed by atoms with van der Waals surface area (Å²) in [5.74, 6) is 0.189. The van der Waals surface area contributed by atoms with E-state index in [0.717, 1.165) is 42.2 Å². The maximum atomic E-state index is 12.8. The van der Waals surface area contributed by atoms with Crippen LogP contribution in [-0.4, -0.2) is 27.0 Å². The van der Waals surface area contributed by atoms with Gasteiger partial charge in [-0.3, -0.25) is 10.1 Å². The van der Waals surface area contributed by atoms with E-state index >= 15 is 0 Å². The van der Waals surface area contributed by atoms with Crippen LogP contribution < -0.4 is 5.32 Å². The number of aromatic nitrogens is 2. The number of thiophene rings is 1. The number of nitro groups is 1. The molecule has 0 unspecified atom stereocenters. The van der Waals surface area contributed by atoms with E-state index in [-0.39, 0.29) is 17.8 Å². The molecule has 1 fully saturated rings. The molecule has 156 valence electrons. The van der Waals surface area contributed by atoms with E-state index in [9.17, 15) is 14.9 Å². The second-order valence-electron chi connectivity index (χ2n) is 7.51. The Morgan fingerprint density at radius 1 is 1.23 bits per heavy atom. The van der Waals surface area contributed by atoms with Crippen molar-refractivity contribution in [1.29, 1.82) is 0 Å². The van der Waals surface area contributed by atoms with Gasteiger partial charge in [0.2, 0.25) is 0 Å². The van der Waals surface area contributed by atoms with Crippen molar-refractivity contribution in [3.8, 4) is 0 Å². The van der Waals surface area contributed by atoms with Crippen molar-refractivity contribution in [2.75, 3.05) is 5.32 Å². The topological polar surface area (TPSA) is 107 Å². The molecule has 1 aromatic carbocycles. The number of rotatable bonds is 5. The summed E-state index contributed by atoms with van der Waals surface area (Å²) in [4.78, 5) is 33.3. The Labute approximate surface area is 177 Å². The number of benzene rings is 1. The molecule has 0 saturated heterocycles. The van der Waals surface area contributed by atoms with Gasteiger partial charge in [0.1, 0.15) is 28.0 Å². The highest BCUT2D eigenvalue weighted by Gasteiger charge is 2.24. The Morgan fingerprint density at radius 2 is 2.00 bits per heavy atom. The van der Waals surface area contributed by atoms with Crippen LogP contribution in [0.5, 0.6) is 0 Å². The molecule has 1 aliphatic carbocycles. The summed E-state index contributed by atoms with van der Waals surface area (Å²) in [5, 5.41) is 15.0. The number of esters is 1. The number of nitrogens with zero attached hydrogens (tertiary/aromatic N) is 3. The Hall–Kier alpha value is -3.07. The first-order valence-corrected chi connectivity index (χ1v) is 10.7. The van der Waals surface area contributed by atoms with Crippen molar-refractivity contribution in [3.63, 3.8) is 0 Å². The van der Waals surface area contributed by atoms with Crippen LogP contribution in [0.4, 0.5) is 17.2 Å². The number of carbonyl (C=O) groups excluding carboxylic acids is 1. The van der Waals surface area contributed by atoms with E-state index in [1.165, 1.54) is 36.2 Å². The van der Waals surface area contributed by atoms with Crippen molar-refractivity contribution in [2.45, 2.75) is 52.1 Å². The molecule has 30 heavy (non-hydrogen) atoms. The summed E-state index contributed by atoms with van der Waals surface area (Å²) in [6, 6.07) is 4.63. The van der Waals surface area contributed by atoms with Gasteiger partial charge in [0.25, 0.3) is 5.69 Å². The van der Waals surface area contributed by atoms with Crippen molar-refractivity contribution in [3.05, 3.63) is 50.6 Å². The molecule has 1 aliphatic rings. The molecular weight excluding hydrogens is 404 g/mol. The molecule has 8 nitrogen and oxygen atoms in total. The zero-order valence-corrected chi connectivity index (χ0v) is 17.6. The van der Waals surface area contributed by atoms with Crippen LogP contribution in [0.2, 0.25) is 0 Å². The molecule has 0 bridgehead atoms. The van der Waals surface area contributed by atoms with Crippen molar-refractivity contribution >= 4 is 44.7 Å². The monoisotopic (exact) mass is 426 g/mol. The number of aryl methyl sites for hydroxylation is 2. The number of nitro benzene ring substituents is 1. The summed E-state index contributed by atoms with van der Waals surface area (Å²) in [7, 11) is 0. The Bertz CT molecular complexity index is 1120. The second-order valence-corrected chi connectivity index (χ2v) is 8.50. The Morgan fingerprint density at radius 3 is 2.73 bits per heavy atom. The van der Waals surface area contributed by atoms with Gasteiger partial charge in [-0.2, -0.15) is 0 Å². The van der Waals surface area contributed by atoms with Gasteiger partial charge in [0.15, 0.2) is 0 Å². The fourth-order valence-electron chi connectivity index (χ4n) is 3.73. The summed E-state index contributed by atoms with van der Waals surface area (Å²) >= 11 is 1.28. The zero-order valence-electron chi connectivity index (χ0n) is 16.8. The Kier molecular flexibility index (Phi) is 5.63. The molecular formula is C21H22N4O4S. The van der Waals surface area contributed by atoms with E-state index < -0.39 is 4.92 Å². The number of ether oxygens (including phenoxy) is 1. The predicted molar refractivity (Wildman–Crippen MR) is 116 cm³/mol. The molecule has 0 atom stereocenters. The number of anilines is 2. The molecule has 2 heterocycles. The number of non-ortho nitro benzene ring substituents is 1. The standard InChI is InChI=1S/C21H22N4O4S/c1-12-8-9-14(25(27)28)10-16(12)24-19-17-13(2)18(30-20(17)23-11-22-19)21(26)29-15-6-4-3-5-7-15/h8-11,15H,3-7H2,1-2H3,(H,22,23,24). The van der Waals surface area contributed by atoms with Crippen LogP contribution in [-0.2, 0) is 4.74 Å². The predicted octanol–water partition coefficient (Wildman–Crippen LogP) is 5.45. The molecule has 0 amide bonds. The summed E-state index contributed by atoms with van der Waals surface area (Å²) in [6.07, 6.45) is 6.59. The van der Waals surface area contributed by atoms with Crippen LogP contribution in [0.25, 0.3) is 10.2 Å². The third kappa shape index (κ3) is 3.97. The fourth-order valence-corrected chi connectivity index (χ4v) is 4.77. The zero-order chi connectivity index (χ0) is 21.3. The molecule has 0 spiro atoms. The van der Waals surface area contributed by atoms with E-state index in [1.807, 2.05) is 13.8 Å². The fraction of sp³-hybridized carbons (Fsp3) is 0.381. The minimum atomic E-state index is -0.435. The maximum Gasteiger partial charge on any atom is 0.348 e. The number of fused-ring (bicyclic) bond motifs is 1. The van der Waals surface area contributed by atoms with Crippen molar-refractivity contribution in [1.82, 2.24) is 9.97 Å². The van der Waals surface area contributed by atoms with Gasteiger partial charge in [-0.15, -0.1) is 11.3 Å². The van der Waals surface area contributed by atoms with Crippen molar-refractivity contribution in [2.24, 2.45) is 0 Å². The largest absolute Gasteiger partial charge is 0.458 e. The van der Waals surface area contributed by atoms with Gasteiger partial charge >= 0.3 is 5.97 Å². The van der Waals surface area contributed by atoms with Gasteiger partial charge in [-0.25, -0.2) is 14.8 Å². The van der Waals surface area contributed by atoms with E-state index in [0.29, 0.717) is 21.2 Å². The second kappa shape index (κ2) is 8.35. The third-order valence-corrected chi connectivity index (χ3v) is 6.60. The average Bonchev–Trinajstić information content (AvgIpc) is 3.08. The third-order valence-electron chi connectivity index (χ3n) is 5.42. The quantitative estimate of drug-likeness (QED) is 0.328. The van der Waals surface area contributed by atoms with E-state index in [4.69, 9.17) is 4.74 Å². The maximum absolute atomic E-state index is 12.8. The number of hydrogen-bond donors (Lipinski definition) is 1. The van der Waals surface area contributed by atoms with E-state index in [2.05, 4.69) is 15.3 Å². The van der Waals surface area contributed by atoms with Crippen molar-refractivity contribution < 1.29 is 14.5 Å². The average molecular weight is 426 g/mol. The van der Waals surface area contributed by atoms with Crippen LogP contribution in [0.1, 0.15) is 52.9 Å². The molecule has 0 radical (unpaired) electrons. The normalized spacial score (nSPS) is 14.6. The molecule has 3 aromatic rings. The highest BCUT2D eigenvalue weighted by Crippen LogP contribution is 2.36. The molecule has 1 N–H and O–H groups in total. The minimum Gasteiger partial charge on any atom is -0.458 e. The molecule has 9 heteroatoms. The lowest BCUT2D eigenvalue weighted by Crippen LogP contribution is -2.20. The van der Waals surface area contributed by atoms with Gasteiger partial charge in [0.05, 0.1) is 10.3 Å². The van der Waals surface area contributed by atoms with Gasteiger partial charge in [-0.05, 0) is 50.7 Å². The first-order chi connectivity index (χ1) is 14.4. The first-order valence-electron chi connectivity index (χ1n) is 9.91. The SMILES string of the molecule is Cc1ccc([N+](=O)[O-])cc1Nc1ncnc2sc(C(=O)OC3CCCCC3)c(C)c12.